The van der Waals surface area contributed by atoms with Crippen LogP contribution in [0.2, 0.25) is 0 Å². The van der Waals surface area contributed by atoms with Gasteiger partial charge in [-0.3, -0.25) is 4.79 Å². The summed E-state index contributed by atoms with van der Waals surface area (Å²) in [6, 6.07) is 10.3. The average molecular weight is 276 g/mol. The van der Waals surface area contributed by atoms with Crippen LogP contribution in [0, 0.1) is 5.41 Å². The number of hydrogen-bond donors (Lipinski definition) is 1. The Morgan fingerprint density at radius 1 is 1.40 bits per heavy atom. The number of nitrogens with zero attached hydrogens (tertiary/aromatic N) is 1. The molecule has 1 aromatic rings. The van der Waals surface area contributed by atoms with E-state index in [0.717, 1.165) is 32.5 Å². The van der Waals surface area contributed by atoms with Gasteiger partial charge in [-0.15, -0.1) is 0 Å². The predicted octanol–water partition coefficient (Wildman–Crippen LogP) is 1.31. The lowest BCUT2D eigenvalue weighted by Crippen LogP contribution is -2.46. The van der Waals surface area contributed by atoms with Gasteiger partial charge in [-0.2, -0.15) is 0 Å². The maximum Gasteiger partial charge on any atom is 0.232 e. The summed E-state index contributed by atoms with van der Waals surface area (Å²) in [6.07, 6.45) is 1.74. The van der Waals surface area contributed by atoms with E-state index < -0.39 is 0 Å². The molecule has 1 aromatic carbocycles. The lowest BCUT2D eigenvalue weighted by Gasteiger charge is -2.31. The molecule has 2 rings (SSSR count). The van der Waals surface area contributed by atoms with E-state index in [9.17, 15) is 4.79 Å². The Morgan fingerprint density at radius 2 is 2.15 bits per heavy atom. The third-order valence-corrected chi connectivity index (χ3v) is 4.04. The molecule has 1 unspecified atom stereocenters. The smallest absolute Gasteiger partial charge is 0.232 e. The second kappa shape index (κ2) is 6.86. The second-order valence-corrected chi connectivity index (χ2v) is 5.60. The van der Waals surface area contributed by atoms with E-state index in [4.69, 9.17) is 4.74 Å². The maximum absolute atomic E-state index is 12.7. The summed E-state index contributed by atoms with van der Waals surface area (Å²) in [6.45, 7) is 2.85. The van der Waals surface area contributed by atoms with Crippen LogP contribution in [0.3, 0.4) is 0 Å². The number of methoxy groups -OCH3 is 1. The van der Waals surface area contributed by atoms with Crippen LogP contribution >= 0.6 is 0 Å². The number of likely N-dealkylation sites (N-methyl/N-ethyl adjacent to an activating group) is 1. The molecule has 0 aliphatic carbocycles. The number of amides is 1. The Morgan fingerprint density at radius 3 is 2.75 bits per heavy atom. The van der Waals surface area contributed by atoms with E-state index in [1.54, 1.807) is 7.11 Å². The highest BCUT2D eigenvalue weighted by atomic mass is 16.5. The number of carbonyl (C=O) groups excluding carboxylic acids is 1. The Hall–Kier alpha value is -1.39. The molecular formula is C16H24N2O2. The maximum atomic E-state index is 12.7. The molecule has 0 saturated carbocycles. The Balaban J connectivity index is 1.93. The van der Waals surface area contributed by atoms with Gasteiger partial charge in [0.1, 0.15) is 0 Å². The van der Waals surface area contributed by atoms with Crippen molar-refractivity contribution in [2.75, 3.05) is 40.4 Å². The van der Waals surface area contributed by atoms with Gasteiger partial charge in [0.15, 0.2) is 0 Å². The van der Waals surface area contributed by atoms with Crippen LogP contribution in [0.4, 0.5) is 0 Å². The first-order valence-corrected chi connectivity index (χ1v) is 7.17. The summed E-state index contributed by atoms with van der Waals surface area (Å²) in [5.41, 5.74) is 0.887. The average Bonchev–Trinajstić information content (AvgIpc) is 2.95. The molecule has 110 valence electrons. The predicted molar refractivity (Wildman–Crippen MR) is 79.6 cm³/mol. The molecule has 0 spiro atoms. The first-order chi connectivity index (χ1) is 9.68. The van der Waals surface area contributed by atoms with Gasteiger partial charge in [0.25, 0.3) is 0 Å². The molecule has 0 radical (unpaired) electrons. The van der Waals surface area contributed by atoms with Gasteiger partial charge in [-0.05, 0) is 24.9 Å². The second-order valence-electron chi connectivity index (χ2n) is 5.60. The molecule has 1 aliphatic heterocycles. The van der Waals surface area contributed by atoms with E-state index >= 15 is 0 Å². The molecule has 1 amide bonds. The normalized spacial score (nSPS) is 21.9. The van der Waals surface area contributed by atoms with Crippen molar-refractivity contribution in [3.63, 3.8) is 0 Å². The van der Waals surface area contributed by atoms with Gasteiger partial charge < -0.3 is 15.0 Å². The first-order valence-electron chi connectivity index (χ1n) is 7.17. The molecular weight excluding hydrogens is 252 g/mol. The lowest BCUT2D eigenvalue weighted by atomic mass is 9.86. The van der Waals surface area contributed by atoms with Gasteiger partial charge in [-0.25, -0.2) is 0 Å². The fourth-order valence-electron chi connectivity index (χ4n) is 2.84. The zero-order valence-electron chi connectivity index (χ0n) is 12.4. The number of hydrogen-bond acceptors (Lipinski definition) is 3. The molecule has 1 atom stereocenters. The largest absolute Gasteiger partial charge is 0.384 e. The number of benzene rings is 1. The minimum Gasteiger partial charge on any atom is -0.384 e. The van der Waals surface area contributed by atoms with Crippen molar-refractivity contribution in [3.8, 4) is 0 Å². The van der Waals surface area contributed by atoms with Crippen LogP contribution in [0.1, 0.15) is 12.0 Å². The van der Waals surface area contributed by atoms with Crippen LogP contribution in [0.15, 0.2) is 30.3 Å². The van der Waals surface area contributed by atoms with Crippen LogP contribution in [-0.4, -0.2) is 51.2 Å². The van der Waals surface area contributed by atoms with Crippen molar-refractivity contribution in [1.29, 1.82) is 0 Å². The van der Waals surface area contributed by atoms with Crippen molar-refractivity contribution in [2.24, 2.45) is 5.41 Å². The monoisotopic (exact) mass is 276 g/mol. The third-order valence-electron chi connectivity index (χ3n) is 4.04. The molecule has 1 saturated heterocycles. The quantitative estimate of drug-likeness (QED) is 0.852. The standard InChI is InChI=1S/C16H24N2O2/c1-18(11-8-14-6-4-3-5-7-14)15(19)16(13-20-2)9-10-17-12-16/h3-7,17H,8-13H2,1-2H3. The van der Waals surface area contributed by atoms with Crippen molar-refractivity contribution in [3.05, 3.63) is 35.9 Å². The molecule has 1 heterocycles. The third kappa shape index (κ3) is 3.38. The zero-order chi connectivity index (χ0) is 14.4. The van der Waals surface area contributed by atoms with Gasteiger partial charge in [-0.1, -0.05) is 30.3 Å². The van der Waals surface area contributed by atoms with E-state index in [1.807, 2.05) is 30.1 Å². The van der Waals surface area contributed by atoms with Crippen molar-refractivity contribution < 1.29 is 9.53 Å². The van der Waals surface area contributed by atoms with Crippen molar-refractivity contribution in [2.45, 2.75) is 12.8 Å². The van der Waals surface area contributed by atoms with E-state index in [0.29, 0.717) is 6.61 Å². The molecule has 20 heavy (non-hydrogen) atoms. The SMILES string of the molecule is COCC1(C(=O)N(C)CCc2ccccc2)CCNC1. The Labute approximate surface area is 121 Å². The summed E-state index contributed by atoms with van der Waals surface area (Å²) >= 11 is 0. The molecule has 1 aliphatic rings. The summed E-state index contributed by atoms with van der Waals surface area (Å²) in [4.78, 5) is 14.5. The van der Waals surface area contributed by atoms with Gasteiger partial charge >= 0.3 is 0 Å². The van der Waals surface area contributed by atoms with Gasteiger partial charge in [0.2, 0.25) is 5.91 Å². The summed E-state index contributed by atoms with van der Waals surface area (Å²) in [5, 5.41) is 3.28. The fraction of sp³-hybridized carbons (Fsp3) is 0.562. The van der Waals surface area contributed by atoms with Crippen LogP contribution in [-0.2, 0) is 16.0 Å². The Bertz CT molecular complexity index is 427. The topological polar surface area (TPSA) is 41.6 Å². The minimum atomic E-state index is -0.375. The van der Waals surface area contributed by atoms with Gasteiger partial charge in [0.05, 0.1) is 12.0 Å². The molecule has 1 N–H and O–H groups in total. The molecule has 4 nitrogen and oxygen atoms in total. The molecule has 0 aromatic heterocycles. The Kier molecular flexibility index (Phi) is 5.15. The lowest BCUT2D eigenvalue weighted by molar-refractivity contribution is -0.142. The first kappa shape index (κ1) is 15.0. The summed E-state index contributed by atoms with van der Waals surface area (Å²) in [7, 11) is 3.55. The number of carbonyl (C=O) groups is 1. The van der Waals surface area contributed by atoms with E-state index in [2.05, 4.69) is 17.4 Å². The number of ether oxygens (including phenoxy) is 1. The minimum absolute atomic E-state index is 0.195. The van der Waals surface area contributed by atoms with Crippen LogP contribution in [0.5, 0.6) is 0 Å². The molecule has 1 fully saturated rings. The van der Waals surface area contributed by atoms with Crippen molar-refractivity contribution >= 4 is 5.91 Å². The van der Waals surface area contributed by atoms with Crippen LogP contribution < -0.4 is 5.32 Å². The highest BCUT2D eigenvalue weighted by Gasteiger charge is 2.42. The molecule has 4 heteroatoms. The van der Waals surface area contributed by atoms with Crippen LogP contribution in [0.25, 0.3) is 0 Å². The van der Waals surface area contributed by atoms with E-state index in [1.165, 1.54) is 5.56 Å². The van der Waals surface area contributed by atoms with Gasteiger partial charge in [0, 0.05) is 27.2 Å². The number of rotatable bonds is 6. The summed E-state index contributed by atoms with van der Waals surface area (Å²) in [5.74, 6) is 0.195. The zero-order valence-corrected chi connectivity index (χ0v) is 12.4. The highest BCUT2D eigenvalue weighted by molar-refractivity contribution is 5.83. The summed E-state index contributed by atoms with van der Waals surface area (Å²) < 4.78 is 5.28. The highest BCUT2D eigenvalue weighted by Crippen LogP contribution is 2.28. The molecule has 0 bridgehead atoms. The fourth-order valence-corrected chi connectivity index (χ4v) is 2.84. The van der Waals surface area contributed by atoms with Crippen molar-refractivity contribution in [1.82, 2.24) is 10.2 Å². The number of nitrogens with one attached hydrogen (secondary N) is 1. The van der Waals surface area contributed by atoms with E-state index in [-0.39, 0.29) is 11.3 Å².